The molecule has 4 aromatic heterocycles. The van der Waals surface area contributed by atoms with Crippen molar-refractivity contribution in [2.75, 3.05) is 50.2 Å². The van der Waals surface area contributed by atoms with Gasteiger partial charge in [-0.3, -0.25) is 4.79 Å². The highest BCUT2D eigenvalue weighted by molar-refractivity contribution is 5.94. The van der Waals surface area contributed by atoms with Gasteiger partial charge in [0.1, 0.15) is 54.0 Å². The van der Waals surface area contributed by atoms with Gasteiger partial charge in [0.05, 0.1) is 47.6 Å². The summed E-state index contributed by atoms with van der Waals surface area (Å²) in [6.07, 6.45) is 6.85. The number of nitrogens with one attached hydrogen (secondary N) is 1. The van der Waals surface area contributed by atoms with Crippen LogP contribution in [-0.2, 0) is 27.4 Å². The molecule has 15 nitrogen and oxygen atoms in total. The zero-order valence-electron chi connectivity index (χ0n) is 31.0. The molecule has 3 aliphatic heterocycles. The summed E-state index contributed by atoms with van der Waals surface area (Å²) in [5, 5.41) is 8.73. The highest BCUT2D eigenvalue weighted by Gasteiger charge is 2.41. The van der Waals surface area contributed by atoms with E-state index in [9.17, 15) is 9.18 Å². The minimum absolute atomic E-state index is 0.0866. The molecular formula is C39H39F2N11O4. The molecule has 9 rings (SSSR count). The number of carbonyl (C=O) groups is 1. The van der Waals surface area contributed by atoms with Crippen LogP contribution in [0, 0.1) is 18.6 Å². The number of aromatic nitrogens is 8. The number of likely N-dealkylation sites (N-methyl/N-ethyl adjacent to an activating group) is 1. The van der Waals surface area contributed by atoms with E-state index in [-0.39, 0.29) is 44.1 Å². The van der Waals surface area contributed by atoms with Crippen molar-refractivity contribution in [1.82, 2.24) is 44.2 Å². The number of ether oxygens (including phenoxy) is 3. The Balaban J connectivity index is 1.17. The van der Waals surface area contributed by atoms with Gasteiger partial charge in [0.2, 0.25) is 11.9 Å². The molecule has 288 valence electrons. The number of anilines is 2. The van der Waals surface area contributed by atoms with Gasteiger partial charge in [-0.1, -0.05) is 6.08 Å². The summed E-state index contributed by atoms with van der Waals surface area (Å²) in [5.74, 6) is 1.14. The van der Waals surface area contributed by atoms with Crippen LogP contribution in [0.3, 0.4) is 0 Å². The Morgan fingerprint density at radius 2 is 1.88 bits per heavy atom. The minimum atomic E-state index is -0.675. The molecule has 3 aliphatic rings. The molecule has 0 aliphatic carbocycles. The first-order valence-corrected chi connectivity index (χ1v) is 18.5. The predicted octanol–water partition coefficient (Wildman–Crippen LogP) is 4.61. The Kier molecular flexibility index (Phi) is 9.25. The summed E-state index contributed by atoms with van der Waals surface area (Å²) in [5.41, 5.74) is 3.25. The third kappa shape index (κ3) is 6.55. The molecule has 6 bridgehead atoms. The smallest absolute Gasteiger partial charge is 0.245 e. The van der Waals surface area contributed by atoms with Gasteiger partial charge in [-0.25, -0.2) is 38.4 Å². The van der Waals surface area contributed by atoms with Gasteiger partial charge in [-0.05, 0) is 50.6 Å². The van der Waals surface area contributed by atoms with Crippen LogP contribution < -0.4 is 15.0 Å². The Hall–Kier alpha value is -6.07. The van der Waals surface area contributed by atoms with Crippen molar-refractivity contribution in [3.8, 4) is 22.7 Å². The average Bonchev–Trinajstić information content (AvgIpc) is 3.88. The molecule has 3 atom stereocenters. The number of benzene rings is 2. The van der Waals surface area contributed by atoms with Crippen LogP contribution in [0.25, 0.3) is 39.0 Å². The van der Waals surface area contributed by atoms with Gasteiger partial charge in [0.25, 0.3) is 0 Å². The molecule has 56 heavy (non-hydrogen) atoms. The molecule has 1 fully saturated rings. The lowest BCUT2D eigenvalue weighted by Crippen LogP contribution is -2.47. The summed E-state index contributed by atoms with van der Waals surface area (Å²) in [6.45, 7) is 5.74. The second kappa shape index (κ2) is 14.5. The SMILES string of the molecule is CCO[C@H]1CN(C)C(=O)[C@@H]2C[C@@H](CN2c2nc3nc4c2cnn4-c2ccc(F)cc2OC/C=C\COC3)Nc2nccc(n2)-c2cc(F)cc3nc(C)n(c23)C1. The highest BCUT2D eigenvalue weighted by Crippen LogP contribution is 2.36. The lowest BCUT2D eigenvalue weighted by molar-refractivity contribution is -0.133. The third-order valence-corrected chi connectivity index (χ3v) is 10.3. The zero-order chi connectivity index (χ0) is 38.5. The van der Waals surface area contributed by atoms with Crippen LogP contribution in [0.5, 0.6) is 5.75 Å². The lowest BCUT2D eigenvalue weighted by atomic mass is 10.1. The summed E-state index contributed by atoms with van der Waals surface area (Å²) >= 11 is 0. The number of hydrogen-bond acceptors (Lipinski definition) is 12. The first kappa shape index (κ1) is 35.6. The first-order valence-electron chi connectivity index (χ1n) is 18.5. The van der Waals surface area contributed by atoms with E-state index in [1.165, 1.54) is 24.3 Å². The van der Waals surface area contributed by atoms with Crippen LogP contribution in [0.4, 0.5) is 20.5 Å². The van der Waals surface area contributed by atoms with Crippen molar-refractivity contribution in [2.45, 2.75) is 51.6 Å². The fraction of sp³-hybridized carbons (Fsp3) is 0.359. The zero-order valence-corrected chi connectivity index (χ0v) is 31.0. The van der Waals surface area contributed by atoms with Gasteiger partial charge in [0.15, 0.2) is 11.5 Å². The number of amides is 1. The Morgan fingerprint density at radius 1 is 1.00 bits per heavy atom. The van der Waals surface area contributed by atoms with E-state index in [1.54, 1.807) is 47.2 Å². The number of carbonyl (C=O) groups excluding carboxylic acids is 1. The van der Waals surface area contributed by atoms with Gasteiger partial charge in [-0.2, -0.15) is 5.10 Å². The maximum absolute atomic E-state index is 15.1. The van der Waals surface area contributed by atoms with Crippen molar-refractivity contribution in [2.24, 2.45) is 0 Å². The van der Waals surface area contributed by atoms with Gasteiger partial charge in [-0.15, -0.1) is 0 Å². The molecule has 0 radical (unpaired) electrons. The van der Waals surface area contributed by atoms with Gasteiger partial charge in [0, 0.05) is 56.7 Å². The molecule has 1 N–H and O–H groups in total. The monoisotopic (exact) mass is 763 g/mol. The molecule has 1 saturated heterocycles. The topological polar surface area (TPSA) is 150 Å². The van der Waals surface area contributed by atoms with E-state index in [2.05, 4.69) is 15.4 Å². The number of hydrogen-bond donors (Lipinski definition) is 1. The van der Waals surface area contributed by atoms with Crippen molar-refractivity contribution in [1.29, 1.82) is 0 Å². The number of rotatable bonds is 3. The van der Waals surface area contributed by atoms with E-state index in [0.29, 0.717) is 83.0 Å². The molecule has 2 aromatic carbocycles. The fourth-order valence-electron chi connectivity index (χ4n) is 7.86. The fourth-order valence-corrected chi connectivity index (χ4v) is 7.86. The number of fused-ring (bicyclic) bond motifs is 8. The number of halogens is 2. The van der Waals surface area contributed by atoms with Gasteiger partial charge < -0.3 is 33.9 Å². The molecule has 7 heterocycles. The van der Waals surface area contributed by atoms with Crippen LogP contribution in [0.1, 0.15) is 25.0 Å². The van der Waals surface area contributed by atoms with E-state index < -0.39 is 23.8 Å². The van der Waals surface area contributed by atoms with Crippen molar-refractivity contribution in [3.63, 3.8) is 0 Å². The number of nitrogens with zero attached hydrogens (tertiary/aromatic N) is 10. The second-order valence-corrected chi connectivity index (χ2v) is 14.1. The van der Waals surface area contributed by atoms with Crippen LogP contribution >= 0.6 is 0 Å². The molecular weight excluding hydrogens is 724 g/mol. The minimum Gasteiger partial charge on any atom is -0.487 e. The Morgan fingerprint density at radius 3 is 2.75 bits per heavy atom. The van der Waals surface area contributed by atoms with Crippen LogP contribution in [-0.4, -0.2) is 108 Å². The second-order valence-electron chi connectivity index (χ2n) is 14.1. The summed E-state index contributed by atoms with van der Waals surface area (Å²) in [7, 11) is 1.77. The van der Waals surface area contributed by atoms with Gasteiger partial charge >= 0.3 is 0 Å². The highest BCUT2D eigenvalue weighted by atomic mass is 19.1. The normalized spacial score (nSPS) is 20.7. The number of imidazole rings is 1. The summed E-state index contributed by atoms with van der Waals surface area (Å²) in [6, 6.07) is 7.90. The number of aryl methyl sites for hydroxylation is 1. The molecule has 0 unspecified atom stereocenters. The third-order valence-electron chi connectivity index (χ3n) is 10.3. The Labute approximate surface area is 319 Å². The quantitative estimate of drug-likeness (QED) is 0.251. The molecule has 0 spiro atoms. The average molecular weight is 764 g/mol. The predicted molar refractivity (Wildman–Crippen MR) is 203 cm³/mol. The summed E-state index contributed by atoms with van der Waals surface area (Å²) in [4.78, 5) is 42.3. The standard InChI is InChI=1S/C39H39F2N11O4/c1-4-55-26-19-49(3)38(53)32-16-25(45-39-42-10-9-29(46-39)27-13-24(41)14-30-35(27)50(20-26)22(2)44-30)18-51(32)36-28-17-43-52-31-8-7-23(40)15-33(31)56-12-6-5-11-54-21-34(47-36)48-37(28)52/h5-10,13-15,17,25-26,32H,4,11-12,16,18-21H2,1-3H3,(H,42,45,46)/b6-5-/t25-,26-,32-/m0/s1. The van der Waals surface area contributed by atoms with E-state index in [1.807, 2.05) is 29.4 Å². The Bertz CT molecular complexity index is 2500. The first-order chi connectivity index (χ1) is 27.2. The molecule has 6 aromatic rings. The largest absolute Gasteiger partial charge is 0.487 e. The summed E-state index contributed by atoms with van der Waals surface area (Å²) < 4.78 is 51.3. The maximum atomic E-state index is 15.1. The van der Waals surface area contributed by atoms with Crippen LogP contribution in [0.15, 0.2) is 60.9 Å². The van der Waals surface area contributed by atoms with E-state index in [0.717, 1.165) is 5.52 Å². The van der Waals surface area contributed by atoms with Crippen molar-refractivity contribution >= 4 is 39.7 Å². The molecule has 17 heteroatoms. The molecule has 0 saturated carbocycles. The maximum Gasteiger partial charge on any atom is 0.245 e. The van der Waals surface area contributed by atoms with Crippen LogP contribution in [0.2, 0.25) is 0 Å². The van der Waals surface area contributed by atoms with E-state index in [4.69, 9.17) is 34.1 Å². The van der Waals surface area contributed by atoms with E-state index >= 15 is 4.39 Å². The van der Waals surface area contributed by atoms with Crippen molar-refractivity contribution in [3.05, 3.63) is 84.2 Å². The lowest BCUT2D eigenvalue weighted by Gasteiger charge is -2.31. The van der Waals surface area contributed by atoms with Crippen molar-refractivity contribution < 1.29 is 27.8 Å². The molecule has 1 amide bonds.